The number of rotatable bonds is 5. The fraction of sp³-hybridized carbons (Fsp3) is 0.412. The van der Waals surface area contributed by atoms with Crippen LogP contribution in [0, 0.1) is 34.6 Å². The third kappa shape index (κ3) is 4.26. The number of nitrogens with one attached hydrogen (secondary N) is 2. The summed E-state index contributed by atoms with van der Waals surface area (Å²) in [6.07, 6.45) is 1.65. The van der Waals surface area contributed by atoms with E-state index >= 15 is 0 Å². The van der Waals surface area contributed by atoms with Crippen LogP contribution in [0.4, 0.5) is 5.13 Å². The molecule has 2 aromatic rings. The standard InChI is InChI=1S/C17H23N3O3S2/c1-9-7-10(2)13(5)15(12(9)4)25(22,23)20-14(6)16(21)19-17-18-8-11(3)24-17/h7-8,14,20H,1-6H3,(H,18,19,21). The Hall–Kier alpha value is -1.77. The van der Waals surface area contributed by atoms with Crippen molar-refractivity contribution in [3.8, 4) is 0 Å². The van der Waals surface area contributed by atoms with Gasteiger partial charge in [0.05, 0.1) is 10.9 Å². The molecule has 136 valence electrons. The summed E-state index contributed by atoms with van der Waals surface area (Å²) in [6.45, 7) is 10.7. The number of aryl methyl sites for hydroxylation is 3. The molecule has 2 N–H and O–H groups in total. The Morgan fingerprint density at radius 1 is 1.12 bits per heavy atom. The van der Waals surface area contributed by atoms with Crippen molar-refractivity contribution < 1.29 is 13.2 Å². The molecule has 0 aliphatic heterocycles. The van der Waals surface area contributed by atoms with Gasteiger partial charge in [-0.1, -0.05) is 6.07 Å². The van der Waals surface area contributed by atoms with Gasteiger partial charge in [-0.05, 0) is 63.8 Å². The van der Waals surface area contributed by atoms with Gasteiger partial charge in [-0.3, -0.25) is 4.79 Å². The van der Waals surface area contributed by atoms with Crippen LogP contribution >= 0.6 is 11.3 Å². The molecule has 1 aromatic carbocycles. The molecule has 1 amide bonds. The second-order valence-corrected chi connectivity index (χ2v) is 9.08. The number of anilines is 1. The van der Waals surface area contributed by atoms with Gasteiger partial charge in [0, 0.05) is 11.1 Å². The van der Waals surface area contributed by atoms with Gasteiger partial charge >= 0.3 is 0 Å². The van der Waals surface area contributed by atoms with Crippen molar-refractivity contribution in [3.05, 3.63) is 39.4 Å². The lowest BCUT2D eigenvalue weighted by molar-refractivity contribution is -0.117. The molecule has 1 heterocycles. The van der Waals surface area contributed by atoms with Crippen LogP contribution in [0.1, 0.15) is 34.1 Å². The van der Waals surface area contributed by atoms with Crippen LogP contribution < -0.4 is 10.0 Å². The molecule has 2 rings (SSSR count). The summed E-state index contributed by atoms with van der Waals surface area (Å²) in [5.41, 5.74) is 3.19. The molecule has 0 fully saturated rings. The Labute approximate surface area is 152 Å². The first-order valence-electron chi connectivity index (χ1n) is 7.86. The number of thiazole rings is 1. The number of aromatic nitrogens is 1. The van der Waals surface area contributed by atoms with Crippen molar-refractivity contribution in [2.45, 2.75) is 52.5 Å². The summed E-state index contributed by atoms with van der Waals surface area (Å²) in [6, 6.07) is 1.04. The first kappa shape index (κ1) is 19.6. The number of hydrogen-bond donors (Lipinski definition) is 2. The van der Waals surface area contributed by atoms with E-state index in [1.807, 2.05) is 26.8 Å². The van der Waals surface area contributed by atoms with E-state index in [1.54, 1.807) is 20.0 Å². The van der Waals surface area contributed by atoms with Crippen molar-refractivity contribution >= 4 is 32.4 Å². The van der Waals surface area contributed by atoms with Crippen molar-refractivity contribution in [3.63, 3.8) is 0 Å². The topological polar surface area (TPSA) is 88.2 Å². The van der Waals surface area contributed by atoms with Crippen LogP contribution in [0.3, 0.4) is 0 Å². The van der Waals surface area contributed by atoms with E-state index in [0.717, 1.165) is 16.0 Å². The maximum atomic E-state index is 12.8. The van der Waals surface area contributed by atoms with E-state index in [1.165, 1.54) is 18.3 Å². The molecular weight excluding hydrogens is 358 g/mol. The van der Waals surface area contributed by atoms with Crippen LogP contribution in [0.5, 0.6) is 0 Å². The molecule has 25 heavy (non-hydrogen) atoms. The predicted octanol–water partition coefficient (Wildman–Crippen LogP) is 2.99. The van der Waals surface area contributed by atoms with Gasteiger partial charge in [0.25, 0.3) is 0 Å². The minimum Gasteiger partial charge on any atom is -0.301 e. The minimum absolute atomic E-state index is 0.245. The Kier molecular flexibility index (Phi) is 5.65. The second kappa shape index (κ2) is 7.23. The van der Waals surface area contributed by atoms with Crippen molar-refractivity contribution in [1.29, 1.82) is 0 Å². The Balaban J connectivity index is 2.25. The third-order valence-electron chi connectivity index (χ3n) is 4.14. The normalized spacial score (nSPS) is 12.9. The van der Waals surface area contributed by atoms with E-state index in [0.29, 0.717) is 16.3 Å². The van der Waals surface area contributed by atoms with E-state index < -0.39 is 22.0 Å². The maximum absolute atomic E-state index is 12.8. The summed E-state index contributed by atoms with van der Waals surface area (Å²) in [5, 5.41) is 3.08. The van der Waals surface area contributed by atoms with E-state index in [2.05, 4.69) is 15.0 Å². The van der Waals surface area contributed by atoms with Gasteiger partial charge in [-0.2, -0.15) is 4.72 Å². The smallest absolute Gasteiger partial charge is 0.244 e. The first-order valence-corrected chi connectivity index (χ1v) is 10.2. The van der Waals surface area contributed by atoms with Gasteiger partial charge in [0.15, 0.2) is 5.13 Å². The lowest BCUT2D eigenvalue weighted by Gasteiger charge is -2.18. The number of benzene rings is 1. The molecule has 1 unspecified atom stereocenters. The number of nitrogens with zero attached hydrogens (tertiary/aromatic N) is 1. The van der Waals surface area contributed by atoms with Crippen molar-refractivity contribution in [2.24, 2.45) is 0 Å². The first-order chi connectivity index (χ1) is 11.5. The predicted molar refractivity (Wildman–Crippen MR) is 101 cm³/mol. The summed E-state index contributed by atoms with van der Waals surface area (Å²) in [7, 11) is -3.83. The Morgan fingerprint density at radius 2 is 1.68 bits per heavy atom. The van der Waals surface area contributed by atoms with Crippen LogP contribution in [-0.4, -0.2) is 25.4 Å². The fourth-order valence-electron chi connectivity index (χ4n) is 2.56. The molecule has 0 bridgehead atoms. The van der Waals surface area contributed by atoms with Crippen molar-refractivity contribution in [2.75, 3.05) is 5.32 Å². The molecule has 0 saturated carbocycles. The molecule has 1 atom stereocenters. The highest BCUT2D eigenvalue weighted by Gasteiger charge is 2.26. The fourth-order valence-corrected chi connectivity index (χ4v) is 5.04. The largest absolute Gasteiger partial charge is 0.301 e. The average molecular weight is 382 g/mol. The lowest BCUT2D eigenvalue weighted by atomic mass is 10.0. The molecule has 0 saturated heterocycles. The number of carbonyl (C=O) groups excluding carboxylic acids is 1. The molecule has 1 aromatic heterocycles. The zero-order valence-electron chi connectivity index (χ0n) is 15.2. The Bertz CT molecular complexity index is 891. The van der Waals surface area contributed by atoms with E-state index in [-0.39, 0.29) is 4.90 Å². The quantitative estimate of drug-likeness (QED) is 0.833. The number of hydrogen-bond acceptors (Lipinski definition) is 5. The summed E-state index contributed by atoms with van der Waals surface area (Å²) < 4.78 is 28.2. The van der Waals surface area contributed by atoms with Gasteiger partial charge in [-0.15, -0.1) is 11.3 Å². The number of sulfonamides is 1. The average Bonchev–Trinajstić information content (AvgIpc) is 2.89. The SMILES string of the molecule is Cc1cnc(NC(=O)C(C)NS(=O)(=O)c2c(C)c(C)cc(C)c2C)s1. The minimum atomic E-state index is -3.83. The maximum Gasteiger partial charge on any atom is 0.244 e. The van der Waals surface area contributed by atoms with Gasteiger partial charge in [-0.25, -0.2) is 13.4 Å². The van der Waals surface area contributed by atoms with E-state index in [9.17, 15) is 13.2 Å². The molecule has 0 spiro atoms. The molecule has 0 aliphatic rings. The highest BCUT2D eigenvalue weighted by atomic mass is 32.2. The van der Waals surface area contributed by atoms with Gasteiger partial charge in [0.2, 0.25) is 15.9 Å². The summed E-state index contributed by atoms with van der Waals surface area (Å²) in [4.78, 5) is 17.5. The molecule has 0 aliphatic carbocycles. The molecule has 6 nitrogen and oxygen atoms in total. The number of carbonyl (C=O) groups is 1. The summed E-state index contributed by atoms with van der Waals surface area (Å²) in [5.74, 6) is -0.447. The van der Waals surface area contributed by atoms with Crippen molar-refractivity contribution in [1.82, 2.24) is 9.71 Å². The highest BCUT2D eigenvalue weighted by molar-refractivity contribution is 7.89. The second-order valence-electron chi connectivity index (χ2n) is 6.20. The highest BCUT2D eigenvalue weighted by Crippen LogP contribution is 2.26. The third-order valence-corrected chi connectivity index (χ3v) is 6.78. The van der Waals surface area contributed by atoms with Crippen LogP contribution in [0.15, 0.2) is 17.2 Å². The van der Waals surface area contributed by atoms with Gasteiger partial charge in [0.1, 0.15) is 0 Å². The monoisotopic (exact) mass is 381 g/mol. The van der Waals surface area contributed by atoms with Crippen LogP contribution in [-0.2, 0) is 14.8 Å². The zero-order chi connectivity index (χ0) is 18.9. The summed E-state index contributed by atoms with van der Waals surface area (Å²) >= 11 is 1.34. The van der Waals surface area contributed by atoms with E-state index in [4.69, 9.17) is 0 Å². The Morgan fingerprint density at radius 3 is 2.16 bits per heavy atom. The molecule has 0 radical (unpaired) electrons. The van der Waals surface area contributed by atoms with Crippen LogP contribution in [0.25, 0.3) is 0 Å². The zero-order valence-corrected chi connectivity index (χ0v) is 16.9. The number of amides is 1. The van der Waals surface area contributed by atoms with Crippen LogP contribution in [0.2, 0.25) is 0 Å². The lowest BCUT2D eigenvalue weighted by Crippen LogP contribution is -2.42. The molecular formula is C17H23N3O3S2. The molecule has 8 heteroatoms. The van der Waals surface area contributed by atoms with Gasteiger partial charge < -0.3 is 5.32 Å².